The number of hydrogen-bond acceptors (Lipinski definition) is 6. The minimum atomic E-state index is -0.374. The summed E-state index contributed by atoms with van der Waals surface area (Å²) in [5.74, 6) is 0.387. The quantitative estimate of drug-likeness (QED) is 0.595. The van der Waals surface area contributed by atoms with Crippen molar-refractivity contribution in [1.82, 2.24) is 9.38 Å². The first-order valence-electron chi connectivity index (χ1n) is 9.49. The van der Waals surface area contributed by atoms with Gasteiger partial charge in [-0.05, 0) is 44.2 Å². The molecular weight excluding hydrogens is 376 g/mol. The summed E-state index contributed by atoms with van der Waals surface area (Å²) in [6, 6.07) is 9.12. The van der Waals surface area contributed by atoms with Gasteiger partial charge in [-0.15, -0.1) is 11.3 Å². The van der Waals surface area contributed by atoms with Crippen LogP contribution in [0.25, 0.3) is 4.96 Å². The lowest BCUT2D eigenvalue weighted by molar-refractivity contribution is -0.145. The first-order chi connectivity index (χ1) is 13.6. The number of carbonyl (C=O) groups is 1. The predicted octanol–water partition coefficient (Wildman–Crippen LogP) is 3.46. The molecule has 0 unspecified atom stereocenters. The van der Waals surface area contributed by atoms with Gasteiger partial charge in [0.2, 0.25) is 0 Å². The van der Waals surface area contributed by atoms with Crippen LogP contribution >= 0.6 is 11.3 Å². The van der Waals surface area contributed by atoms with Crippen molar-refractivity contribution >= 4 is 22.3 Å². The molecule has 0 N–H and O–H groups in total. The summed E-state index contributed by atoms with van der Waals surface area (Å²) in [7, 11) is 0. The number of esters is 1. The second-order valence-electron chi connectivity index (χ2n) is 6.91. The number of ether oxygens (including phenoxy) is 2. The van der Waals surface area contributed by atoms with Crippen molar-refractivity contribution < 1.29 is 14.3 Å². The number of benzene rings is 1. The highest BCUT2D eigenvalue weighted by Crippen LogP contribution is 2.28. The first-order valence-corrected chi connectivity index (χ1v) is 10.3. The zero-order chi connectivity index (χ0) is 19.5. The Kier molecular flexibility index (Phi) is 5.43. The zero-order valence-electron chi connectivity index (χ0n) is 15.8. The van der Waals surface area contributed by atoms with E-state index in [1.807, 2.05) is 31.2 Å². The van der Waals surface area contributed by atoms with Crippen molar-refractivity contribution in [2.45, 2.75) is 45.6 Å². The highest BCUT2D eigenvalue weighted by Gasteiger charge is 2.18. The third-order valence-corrected chi connectivity index (χ3v) is 6.00. The number of hydrogen-bond donors (Lipinski definition) is 0. The van der Waals surface area contributed by atoms with Crippen LogP contribution in [0.4, 0.5) is 0 Å². The zero-order valence-corrected chi connectivity index (χ0v) is 16.6. The lowest BCUT2D eigenvalue weighted by atomic mass is 10.0. The average molecular weight is 398 g/mol. The van der Waals surface area contributed by atoms with E-state index in [4.69, 9.17) is 9.47 Å². The summed E-state index contributed by atoms with van der Waals surface area (Å²) in [5, 5.41) is 0. The van der Waals surface area contributed by atoms with E-state index in [0.29, 0.717) is 10.7 Å². The van der Waals surface area contributed by atoms with Crippen LogP contribution in [-0.2, 0) is 29.0 Å². The van der Waals surface area contributed by atoms with Gasteiger partial charge in [-0.1, -0.05) is 18.2 Å². The molecule has 2 aromatic heterocycles. The van der Waals surface area contributed by atoms with Crippen LogP contribution < -0.4 is 10.3 Å². The largest absolute Gasteiger partial charge is 0.493 e. The highest BCUT2D eigenvalue weighted by atomic mass is 32.1. The van der Waals surface area contributed by atoms with Crippen LogP contribution in [0.5, 0.6) is 5.75 Å². The Balaban J connectivity index is 1.35. The Morgan fingerprint density at radius 3 is 2.93 bits per heavy atom. The fraction of sp³-hybridized carbons (Fsp3) is 0.381. The molecule has 1 aliphatic carbocycles. The number of rotatable bonds is 6. The third kappa shape index (κ3) is 3.94. The summed E-state index contributed by atoms with van der Waals surface area (Å²) >= 11 is 1.57. The SMILES string of the molecule is Cc1ccccc1OCCC(=O)OCc1cc(=O)n2c3c(sc2n1)CCCC3. The Hall–Kier alpha value is -2.67. The lowest BCUT2D eigenvalue weighted by Gasteiger charge is -2.10. The molecule has 3 aromatic rings. The van der Waals surface area contributed by atoms with Crippen molar-refractivity contribution in [3.05, 3.63) is 62.5 Å². The van der Waals surface area contributed by atoms with Gasteiger partial charge in [-0.25, -0.2) is 4.98 Å². The van der Waals surface area contributed by atoms with E-state index in [0.717, 1.165) is 42.7 Å². The third-order valence-electron chi connectivity index (χ3n) is 4.85. The van der Waals surface area contributed by atoms with E-state index >= 15 is 0 Å². The number of fused-ring (bicyclic) bond motifs is 3. The first kappa shape index (κ1) is 18.7. The molecule has 6 nitrogen and oxygen atoms in total. The van der Waals surface area contributed by atoms with Crippen LogP contribution in [0.1, 0.15) is 41.1 Å². The topological polar surface area (TPSA) is 69.9 Å². The fourth-order valence-corrected chi connectivity index (χ4v) is 4.64. The molecule has 146 valence electrons. The van der Waals surface area contributed by atoms with E-state index < -0.39 is 0 Å². The van der Waals surface area contributed by atoms with Crippen LogP contribution in [-0.4, -0.2) is 22.0 Å². The highest BCUT2D eigenvalue weighted by molar-refractivity contribution is 7.17. The summed E-state index contributed by atoms with van der Waals surface area (Å²) in [6.07, 6.45) is 4.34. The molecule has 0 bridgehead atoms. The second-order valence-corrected chi connectivity index (χ2v) is 7.97. The minimum Gasteiger partial charge on any atom is -0.493 e. The number of aryl methyl sites for hydroxylation is 3. The normalized spacial score (nSPS) is 13.3. The van der Waals surface area contributed by atoms with E-state index in [-0.39, 0.29) is 31.2 Å². The van der Waals surface area contributed by atoms with E-state index in [9.17, 15) is 9.59 Å². The average Bonchev–Trinajstić information content (AvgIpc) is 3.07. The summed E-state index contributed by atoms with van der Waals surface area (Å²) in [5.41, 5.74) is 2.50. The molecule has 0 fully saturated rings. The lowest BCUT2D eigenvalue weighted by Crippen LogP contribution is -2.19. The molecule has 4 rings (SSSR count). The molecule has 0 saturated heterocycles. The van der Waals surface area contributed by atoms with Crippen molar-refractivity contribution in [3.8, 4) is 5.75 Å². The number of thiazole rings is 1. The summed E-state index contributed by atoms with van der Waals surface area (Å²) in [6.45, 7) is 2.20. The van der Waals surface area contributed by atoms with Crippen LogP contribution in [0, 0.1) is 6.92 Å². The Morgan fingerprint density at radius 2 is 2.07 bits per heavy atom. The number of para-hydroxylation sites is 1. The number of nitrogens with zero attached hydrogens (tertiary/aromatic N) is 2. The van der Waals surface area contributed by atoms with E-state index in [1.54, 1.807) is 15.7 Å². The maximum Gasteiger partial charge on any atom is 0.309 e. The Morgan fingerprint density at radius 1 is 1.25 bits per heavy atom. The van der Waals surface area contributed by atoms with Crippen molar-refractivity contribution in [1.29, 1.82) is 0 Å². The molecular formula is C21H22N2O4S. The maximum absolute atomic E-state index is 12.5. The van der Waals surface area contributed by atoms with Crippen LogP contribution in [0.2, 0.25) is 0 Å². The van der Waals surface area contributed by atoms with Gasteiger partial charge in [0.1, 0.15) is 12.4 Å². The molecule has 28 heavy (non-hydrogen) atoms. The molecule has 1 aliphatic rings. The van der Waals surface area contributed by atoms with Gasteiger partial charge in [-0.2, -0.15) is 0 Å². The molecule has 0 atom stereocenters. The van der Waals surface area contributed by atoms with Gasteiger partial charge in [0.05, 0.1) is 18.7 Å². The van der Waals surface area contributed by atoms with Crippen LogP contribution in [0.3, 0.4) is 0 Å². The van der Waals surface area contributed by atoms with Gasteiger partial charge in [0.15, 0.2) is 4.96 Å². The molecule has 1 aromatic carbocycles. The maximum atomic E-state index is 12.5. The molecule has 0 spiro atoms. The van der Waals surface area contributed by atoms with Gasteiger partial charge in [0, 0.05) is 16.6 Å². The monoisotopic (exact) mass is 398 g/mol. The fourth-order valence-electron chi connectivity index (χ4n) is 3.40. The predicted molar refractivity (Wildman–Crippen MR) is 107 cm³/mol. The summed E-state index contributed by atoms with van der Waals surface area (Å²) in [4.78, 5) is 31.0. The van der Waals surface area contributed by atoms with Gasteiger partial charge in [-0.3, -0.25) is 14.0 Å². The number of carbonyl (C=O) groups excluding carboxylic acids is 1. The van der Waals surface area contributed by atoms with Crippen molar-refractivity contribution in [2.75, 3.05) is 6.61 Å². The molecule has 2 heterocycles. The molecule has 0 amide bonds. The molecule has 0 radical (unpaired) electrons. The Bertz CT molecular complexity index is 1070. The van der Waals surface area contributed by atoms with Crippen molar-refractivity contribution in [3.63, 3.8) is 0 Å². The smallest absolute Gasteiger partial charge is 0.309 e. The molecule has 0 aliphatic heterocycles. The molecule has 0 saturated carbocycles. The van der Waals surface area contributed by atoms with Gasteiger partial charge >= 0.3 is 5.97 Å². The van der Waals surface area contributed by atoms with E-state index in [1.165, 1.54) is 10.9 Å². The minimum absolute atomic E-state index is 0.00248. The van der Waals surface area contributed by atoms with Crippen LogP contribution in [0.15, 0.2) is 35.1 Å². The molecule has 7 heteroatoms. The second kappa shape index (κ2) is 8.14. The standard InChI is InChI=1S/C21H22N2O4S/c1-14-6-2-4-8-17(14)26-11-10-20(25)27-13-15-12-19(24)23-16-7-3-5-9-18(16)28-21(23)22-15/h2,4,6,8,12H,3,5,7,9-11,13H2,1H3. The summed E-state index contributed by atoms with van der Waals surface area (Å²) < 4.78 is 12.6. The van der Waals surface area contributed by atoms with Crippen molar-refractivity contribution in [2.24, 2.45) is 0 Å². The Labute approximate surface area is 166 Å². The van der Waals surface area contributed by atoms with Gasteiger partial charge in [0.25, 0.3) is 5.56 Å². The number of aromatic nitrogens is 2. The van der Waals surface area contributed by atoms with E-state index in [2.05, 4.69) is 4.98 Å². The van der Waals surface area contributed by atoms with Gasteiger partial charge < -0.3 is 9.47 Å².